The summed E-state index contributed by atoms with van der Waals surface area (Å²) in [7, 11) is 0. The molecule has 0 heterocycles. The molecule has 0 spiro atoms. The van der Waals surface area contributed by atoms with E-state index in [-0.39, 0.29) is 6.42 Å². The Bertz CT molecular complexity index is 236. The number of unbranched alkanes of at least 4 members (excludes halogenated alkanes) is 8. The van der Waals surface area contributed by atoms with E-state index >= 15 is 0 Å². The van der Waals surface area contributed by atoms with E-state index < -0.39 is 5.97 Å². The van der Waals surface area contributed by atoms with Crippen LogP contribution in [0.5, 0.6) is 0 Å². The number of aliphatic carboxylic acids is 1. The summed E-state index contributed by atoms with van der Waals surface area (Å²) in [5.74, 6) is -0.756. The number of ether oxygens (including phenoxy) is 1. The minimum absolute atomic E-state index is 0.145. The van der Waals surface area contributed by atoms with Gasteiger partial charge in [-0.15, -0.1) is 0 Å². The van der Waals surface area contributed by atoms with Gasteiger partial charge < -0.3 is 9.84 Å². The first-order chi connectivity index (χ1) is 9.77. The van der Waals surface area contributed by atoms with E-state index in [1.165, 1.54) is 44.9 Å². The molecule has 0 aromatic carbocycles. The summed E-state index contributed by atoms with van der Waals surface area (Å²) in [6, 6.07) is 0. The largest absolute Gasteiger partial charge is 0.481 e. The van der Waals surface area contributed by atoms with E-state index in [2.05, 4.69) is 6.92 Å². The zero-order valence-electron chi connectivity index (χ0n) is 13.1. The smallest absolute Gasteiger partial charge is 0.307 e. The molecule has 0 aliphatic rings. The Kier molecular flexibility index (Phi) is 15.6. The highest BCUT2D eigenvalue weighted by atomic mass is 16.5. The molecule has 0 rings (SSSR count). The second-order valence-electron chi connectivity index (χ2n) is 5.30. The lowest BCUT2D eigenvalue weighted by atomic mass is 10.1. The van der Waals surface area contributed by atoms with Gasteiger partial charge in [-0.3, -0.25) is 4.79 Å². The number of carbonyl (C=O) groups is 1. The van der Waals surface area contributed by atoms with E-state index in [1.807, 2.05) is 6.08 Å². The Balaban J connectivity index is 3.02. The van der Waals surface area contributed by atoms with Crippen LogP contribution in [0.25, 0.3) is 0 Å². The molecule has 0 saturated carbocycles. The fourth-order valence-corrected chi connectivity index (χ4v) is 2.03. The van der Waals surface area contributed by atoms with E-state index in [9.17, 15) is 4.79 Å². The maximum absolute atomic E-state index is 10.3. The molecule has 3 nitrogen and oxygen atoms in total. The molecule has 0 bridgehead atoms. The fraction of sp³-hybridized carbons (Fsp3) is 0.824. The first-order valence-corrected chi connectivity index (χ1v) is 8.22. The third-order valence-electron chi connectivity index (χ3n) is 3.26. The minimum Gasteiger partial charge on any atom is -0.481 e. The van der Waals surface area contributed by atoms with Crippen LogP contribution < -0.4 is 0 Å². The monoisotopic (exact) mass is 284 g/mol. The fourth-order valence-electron chi connectivity index (χ4n) is 2.03. The van der Waals surface area contributed by atoms with Crippen molar-refractivity contribution < 1.29 is 14.6 Å². The van der Waals surface area contributed by atoms with E-state index in [0.717, 1.165) is 32.5 Å². The van der Waals surface area contributed by atoms with Gasteiger partial charge in [-0.25, -0.2) is 0 Å². The normalized spacial score (nSPS) is 11.2. The second kappa shape index (κ2) is 16.2. The summed E-state index contributed by atoms with van der Waals surface area (Å²) >= 11 is 0. The lowest BCUT2D eigenvalue weighted by molar-refractivity contribution is -0.136. The minimum atomic E-state index is -0.756. The molecule has 0 aromatic heterocycles. The van der Waals surface area contributed by atoms with Crippen molar-refractivity contribution in [1.29, 1.82) is 0 Å². The van der Waals surface area contributed by atoms with Crippen LogP contribution in [0.2, 0.25) is 0 Å². The topological polar surface area (TPSA) is 46.5 Å². The Morgan fingerprint density at radius 2 is 1.50 bits per heavy atom. The van der Waals surface area contributed by atoms with Crippen LogP contribution in [0.1, 0.15) is 77.6 Å². The van der Waals surface area contributed by atoms with Gasteiger partial charge in [-0.2, -0.15) is 0 Å². The number of hydrogen-bond donors (Lipinski definition) is 1. The third-order valence-corrected chi connectivity index (χ3v) is 3.26. The molecular formula is C17H32O3. The Labute approximate surface area is 124 Å². The molecule has 0 atom stereocenters. The molecule has 0 radical (unpaired) electrons. The van der Waals surface area contributed by atoms with Crippen LogP contribution >= 0.6 is 0 Å². The van der Waals surface area contributed by atoms with Crippen molar-refractivity contribution >= 4 is 5.97 Å². The average Bonchev–Trinajstić information content (AvgIpc) is 2.43. The molecule has 118 valence electrons. The average molecular weight is 284 g/mol. The molecule has 3 heteroatoms. The summed E-state index contributed by atoms with van der Waals surface area (Å²) in [6.07, 6.45) is 16.1. The Morgan fingerprint density at radius 3 is 2.10 bits per heavy atom. The van der Waals surface area contributed by atoms with Gasteiger partial charge in [-0.1, -0.05) is 57.6 Å². The standard InChI is InChI=1S/C17H32O3/c1-2-3-4-9-12-15-20-16-13-10-7-5-6-8-11-14-17(18)19/h8,11H,2-7,9-10,12-16H2,1H3,(H,18,19)/b11-8+. The Hall–Kier alpha value is -0.830. The molecule has 0 aromatic rings. The summed E-state index contributed by atoms with van der Waals surface area (Å²) < 4.78 is 5.61. The van der Waals surface area contributed by atoms with Crippen molar-refractivity contribution in [2.45, 2.75) is 77.6 Å². The van der Waals surface area contributed by atoms with E-state index in [0.29, 0.717) is 0 Å². The highest BCUT2D eigenvalue weighted by molar-refractivity contribution is 5.68. The van der Waals surface area contributed by atoms with Crippen LogP contribution in [0, 0.1) is 0 Å². The van der Waals surface area contributed by atoms with Gasteiger partial charge in [0, 0.05) is 13.2 Å². The lowest BCUT2D eigenvalue weighted by Gasteiger charge is -2.04. The van der Waals surface area contributed by atoms with Crippen LogP contribution in [-0.2, 0) is 9.53 Å². The number of carboxylic acids is 1. The van der Waals surface area contributed by atoms with Gasteiger partial charge in [-0.05, 0) is 25.7 Å². The van der Waals surface area contributed by atoms with Gasteiger partial charge in [0.2, 0.25) is 0 Å². The van der Waals surface area contributed by atoms with Crippen molar-refractivity contribution in [2.75, 3.05) is 13.2 Å². The zero-order chi connectivity index (χ0) is 14.9. The molecule has 0 fully saturated rings. The molecule has 0 unspecified atom stereocenters. The quantitative estimate of drug-likeness (QED) is 0.342. The molecule has 0 saturated heterocycles. The predicted octanol–water partition coefficient (Wildman–Crippen LogP) is 4.95. The summed E-state index contributed by atoms with van der Waals surface area (Å²) in [5.41, 5.74) is 0. The van der Waals surface area contributed by atoms with Gasteiger partial charge in [0.15, 0.2) is 0 Å². The van der Waals surface area contributed by atoms with Crippen LogP contribution in [0.15, 0.2) is 12.2 Å². The van der Waals surface area contributed by atoms with E-state index in [4.69, 9.17) is 9.84 Å². The van der Waals surface area contributed by atoms with Gasteiger partial charge in [0.1, 0.15) is 0 Å². The number of hydrogen-bond acceptors (Lipinski definition) is 2. The molecule has 0 aliphatic heterocycles. The summed E-state index contributed by atoms with van der Waals surface area (Å²) in [5, 5.41) is 8.45. The molecule has 20 heavy (non-hydrogen) atoms. The number of allylic oxidation sites excluding steroid dienone is 1. The summed E-state index contributed by atoms with van der Waals surface area (Å²) in [6.45, 7) is 4.04. The first kappa shape index (κ1) is 19.2. The van der Waals surface area contributed by atoms with Crippen molar-refractivity contribution in [2.24, 2.45) is 0 Å². The molecule has 0 aliphatic carbocycles. The number of carboxylic acid groups (broad SMARTS) is 1. The highest BCUT2D eigenvalue weighted by Gasteiger charge is 1.93. The van der Waals surface area contributed by atoms with E-state index in [1.54, 1.807) is 6.08 Å². The maximum atomic E-state index is 10.3. The maximum Gasteiger partial charge on any atom is 0.307 e. The molecular weight excluding hydrogens is 252 g/mol. The van der Waals surface area contributed by atoms with Crippen LogP contribution in [-0.4, -0.2) is 24.3 Å². The zero-order valence-corrected chi connectivity index (χ0v) is 13.1. The molecule has 1 N–H and O–H groups in total. The SMILES string of the molecule is CCCCCCCOCCCCCC/C=C/CC(=O)O. The van der Waals surface area contributed by atoms with Gasteiger partial charge >= 0.3 is 5.97 Å². The van der Waals surface area contributed by atoms with Gasteiger partial charge in [0.05, 0.1) is 6.42 Å². The van der Waals surface area contributed by atoms with Crippen molar-refractivity contribution in [3.05, 3.63) is 12.2 Å². The highest BCUT2D eigenvalue weighted by Crippen LogP contribution is 2.05. The van der Waals surface area contributed by atoms with Gasteiger partial charge in [0.25, 0.3) is 0 Å². The summed E-state index contributed by atoms with van der Waals surface area (Å²) in [4.78, 5) is 10.3. The van der Waals surface area contributed by atoms with Crippen molar-refractivity contribution in [3.63, 3.8) is 0 Å². The van der Waals surface area contributed by atoms with Crippen LogP contribution in [0.4, 0.5) is 0 Å². The van der Waals surface area contributed by atoms with Crippen LogP contribution in [0.3, 0.4) is 0 Å². The molecule has 0 amide bonds. The first-order valence-electron chi connectivity index (χ1n) is 8.22. The third kappa shape index (κ3) is 17.2. The van der Waals surface area contributed by atoms with Crippen molar-refractivity contribution in [1.82, 2.24) is 0 Å². The Morgan fingerprint density at radius 1 is 0.900 bits per heavy atom. The number of rotatable bonds is 15. The lowest BCUT2D eigenvalue weighted by Crippen LogP contribution is -1.97. The second-order valence-corrected chi connectivity index (χ2v) is 5.30. The van der Waals surface area contributed by atoms with Crippen molar-refractivity contribution in [3.8, 4) is 0 Å². The predicted molar refractivity (Wildman–Crippen MR) is 84.1 cm³/mol.